The lowest BCUT2D eigenvalue weighted by atomic mass is 9.77. The van der Waals surface area contributed by atoms with Gasteiger partial charge in [0.15, 0.2) is 5.82 Å². The van der Waals surface area contributed by atoms with Crippen LogP contribution in [0.1, 0.15) is 49.4 Å². The number of hydrogen-bond donors (Lipinski definition) is 1. The molecule has 2 heterocycles. The number of aromatic nitrogens is 3. The fourth-order valence-corrected chi connectivity index (χ4v) is 2.17. The maximum Gasteiger partial charge on any atom is 0.234 e. The van der Waals surface area contributed by atoms with Crippen molar-refractivity contribution in [2.24, 2.45) is 5.73 Å². The monoisotopic (exact) mass is 244 g/mol. The van der Waals surface area contributed by atoms with E-state index in [0.29, 0.717) is 11.7 Å². The number of rotatable bonds is 3. The van der Waals surface area contributed by atoms with Gasteiger partial charge in [0.2, 0.25) is 5.89 Å². The standard InChI is InChI=1S/C13H16N4O/c1-9(10-4-2-7-15-8-10)11-16-12(17-18-11)13(14)5-3-6-13/h2,4,7-9H,3,5-6,14H2,1H3. The van der Waals surface area contributed by atoms with E-state index < -0.39 is 0 Å². The summed E-state index contributed by atoms with van der Waals surface area (Å²) in [5.41, 5.74) is 6.88. The molecule has 1 fully saturated rings. The molecule has 1 aliphatic carbocycles. The van der Waals surface area contributed by atoms with Gasteiger partial charge in [-0.2, -0.15) is 4.98 Å². The molecule has 1 unspecified atom stereocenters. The predicted octanol–water partition coefficient (Wildman–Crippen LogP) is 1.95. The first kappa shape index (κ1) is 11.3. The quantitative estimate of drug-likeness (QED) is 0.892. The van der Waals surface area contributed by atoms with Crippen LogP contribution in [-0.4, -0.2) is 15.1 Å². The van der Waals surface area contributed by atoms with E-state index >= 15 is 0 Å². The lowest BCUT2D eigenvalue weighted by Gasteiger charge is -2.34. The van der Waals surface area contributed by atoms with Crippen LogP contribution >= 0.6 is 0 Å². The van der Waals surface area contributed by atoms with Crippen LogP contribution in [0.15, 0.2) is 29.0 Å². The Kier molecular flexibility index (Phi) is 2.63. The summed E-state index contributed by atoms with van der Waals surface area (Å²) in [7, 11) is 0. The Morgan fingerprint density at radius 1 is 1.44 bits per heavy atom. The van der Waals surface area contributed by atoms with Gasteiger partial charge in [-0.15, -0.1) is 0 Å². The average Bonchev–Trinajstić information content (AvgIpc) is 2.86. The average molecular weight is 244 g/mol. The molecule has 2 N–H and O–H groups in total. The molecule has 1 saturated carbocycles. The maximum atomic E-state index is 6.18. The fourth-order valence-electron chi connectivity index (χ4n) is 2.17. The van der Waals surface area contributed by atoms with E-state index in [1.54, 1.807) is 6.20 Å². The summed E-state index contributed by atoms with van der Waals surface area (Å²) in [5, 5.41) is 4.03. The third kappa shape index (κ3) is 1.80. The van der Waals surface area contributed by atoms with Crippen molar-refractivity contribution in [1.82, 2.24) is 15.1 Å². The van der Waals surface area contributed by atoms with Crippen molar-refractivity contribution in [1.29, 1.82) is 0 Å². The van der Waals surface area contributed by atoms with E-state index in [-0.39, 0.29) is 11.5 Å². The first-order chi connectivity index (χ1) is 8.69. The van der Waals surface area contributed by atoms with Crippen LogP contribution in [-0.2, 0) is 5.54 Å². The van der Waals surface area contributed by atoms with Gasteiger partial charge in [0.25, 0.3) is 0 Å². The predicted molar refractivity (Wildman–Crippen MR) is 65.8 cm³/mol. The number of pyridine rings is 1. The molecule has 1 atom stereocenters. The third-order valence-electron chi connectivity index (χ3n) is 3.69. The van der Waals surface area contributed by atoms with Crippen LogP contribution in [0, 0.1) is 0 Å². The highest BCUT2D eigenvalue weighted by molar-refractivity contribution is 5.20. The van der Waals surface area contributed by atoms with Gasteiger partial charge >= 0.3 is 0 Å². The molecule has 94 valence electrons. The van der Waals surface area contributed by atoms with Gasteiger partial charge in [-0.25, -0.2) is 0 Å². The first-order valence-electron chi connectivity index (χ1n) is 6.22. The fraction of sp³-hybridized carbons (Fsp3) is 0.462. The van der Waals surface area contributed by atoms with Crippen LogP contribution in [0.25, 0.3) is 0 Å². The number of hydrogen-bond acceptors (Lipinski definition) is 5. The summed E-state index contributed by atoms with van der Waals surface area (Å²) in [5.74, 6) is 1.29. The largest absolute Gasteiger partial charge is 0.339 e. The van der Waals surface area contributed by atoms with Gasteiger partial charge in [0.05, 0.1) is 11.5 Å². The highest BCUT2D eigenvalue weighted by atomic mass is 16.5. The van der Waals surface area contributed by atoms with Crippen molar-refractivity contribution in [2.45, 2.75) is 37.6 Å². The molecule has 2 aromatic heterocycles. The molecule has 0 radical (unpaired) electrons. The Hall–Kier alpha value is -1.75. The molecule has 5 nitrogen and oxygen atoms in total. The minimum atomic E-state index is -0.365. The van der Waals surface area contributed by atoms with Crippen molar-refractivity contribution in [3.8, 4) is 0 Å². The Balaban J connectivity index is 1.85. The molecule has 0 saturated heterocycles. The molecule has 18 heavy (non-hydrogen) atoms. The van der Waals surface area contributed by atoms with Gasteiger partial charge in [-0.05, 0) is 37.8 Å². The van der Waals surface area contributed by atoms with Crippen LogP contribution in [0.3, 0.4) is 0 Å². The van der Waals surface area contributed by atoms with E-state index in [1.807, 2.05) is 25.3 Å². The Morgan fingerprint density at radius 2 is 2.28 bits per heavy atom. The Labute approximate surface area is 105 Å². The van der Waals surface area contributed by atoms with Crippen molar-refractivity contribution in [2.75, 3.05) is 0 Å². The highest BCUT2D eigenvalue weighted by Gasteiger charge is 2.39. The summed E-state index contributed by atoms with van der Waals surface area (Å²) < 4.78 is 5.33. The molecule has 0 spiro atoms. The molecular weight excluding hydrogens is 228 g/mol. The van der Waals surface area contributed by atoms with E-state index in [2.05, 4.69) is 15.1 Å². The lowest BCUT2D eigenvalue weighted by molar-refractivity contribution is 0.228. The van der Waals surface area contributed by atoms with Gasteiger partial charge in [0.1, 0.15) is 0 Å². The zero-order valence-electron chi connectivity index (χ0n) is 10.3. The first-order valence-corrected chi connectivity index (χ1v) is 6.22. The SMILES string of the molecule is CC(c1cccnc1)c1nc(C2(N)CCC2)no1. The minimum Gasteiger partial charge on any atom is -0.339 e. The Morgan fingerprint density at radius 3 is 2.89 bits per heavy atom. The molecule has 5 heteroatoms. The number of nitrogens with two attached hydrogens (primary N) is 1. The normalized spacial score (nSPS) is 19.2. The van der Waals surface area contributed by atoms with Gasteiger partial charge in [0, 0.05) is 12.4 Å². The van der Waals surface area contributed by atoms with Crippen LogP contribution in [0.5, 0.6) is 0 Å². The minimum absolute atomic E-state index is 0.0450. The third-order valence-corrected chi connectivity index (χ3v) is 3.69. The van der Waals surface area contributed by atoms with Crippen molar-refractivity contribution >= 4 is 0 Å². The summed E-state index contributed by atoms with van der Waals surface area (Å²) in [6.07, 6.45) is 6.58. The van der Waals surface area contributed by atoms with Crippen LogP contribution in [0.4, 0.5) is 0 Å². The van der Waals surface area contributed by atoms with Crippen molar-refractivity contribution in [3.63, 3.8) is 0 Å². The van der Waals surface area contributed by atoms with Crippen molar-refractivity contribution < 1.29 is 4.52 Å². The van der Waals surface area contributed by atoms with Gasteiger partial charge < -0.3 is 10.3 Å². The molecule has 3 rings (SSSR count). The molecule has 0 aliphatic heterocycles. The van der Waals surface area contributed by atoms with Gasteiger partial charge in [-0.3, -0.25) is 4.98 Å². The molecule has 0 aromatic carbocycles. The second kappa shape index (κ2) is 4.17. The topological polar surface area (TPSA) is 77.8 Å². The van der Waals surface area contributed by atoms with Gasteiger partial charge in [-0.1, -0.05) is 11.2 Å². The lowest BCUT2D eigenvalue weighted by Crippen LogP contribution is -2.44. The zero-order valence-corrected chi connectivity index (χ0v) is 10.3. The molecular formula is C13H16N4O. The second-order valence-corrected chi connectivity index (χ2v) is 4.97. The number of nitrogens with zero attached hydrogens (tertiary/aromatic N) is 3. The smallest absolute Gasteiger partial charge is 0.234 e. The van der Waals surface area contributed by atoms with Crippen molar-refractivity contribution in [3.05, 3.63) is 41.8 Å². The summed E-state index contributed by atoms with van der Waals surface area (Å²) in [6.45, 7) is 2.03. The van der Waals surface area contributed by atoms with E-state index in [1.165, 1.54) is 0 Å². The summed E-state index contributed by atoms with van der Waals surface area (Å²) in [4.78, 5) is 8.55. The zero-order chi connectivity index (χ0) is 12.6. The van der Waals surface area contributed by atoms with Crippen LogP contribution < -0.4 is 5.73 Å². The van der Waals surface area contributed by atoms with Crippen LogP contribution in [0.2, 0.25) is 0 Å². The molecule has 2 aromatic rings. The molecule has 0 bridgehead atoms. The Bertz CT molecular complexity index is 533. The summed E-state index contributed by atoms with van der Waals surface area (Å²) >= 11 is 0. The molecule has 1 aliphatic rings. The van der Waals surface area contributed by atoms with E-state index in [9.17, 15) is 0 Å². The summed E-state index contributed by atoms with van der Waals surface area (Å²) in [6, 6.07) is 3.91. The maximum absolute atomic E-state index is 6.18. The molecule has 0 amide bonds. The van der Waals surface area contributed by atoms with E-state index in [0.717, 1.165) is 24.8 Å². The highest BCUT2D eigenvalue weighted by Crippen LogP contribution is 2.37. The second-order valence-electron chi connectivity index (χ2n) is 4.97. The van der Waals surface area contributed by atoms with E-state index in [4.69, 9.17) is 10.3 Å².